The number of aromatic nitrogens is 4. The average Bonchev–Trinajstić information content (AvgIpc) is 3.40. The van der Waals surface area contributed by atoms with Crippen molar-refractivity contribution in [3.8, 4) is 16.8 Å². The number of amides is 1. The number of carbonyl (C=O) groups excluding carboxylic acids is 1. The Hall–Kier alpha value is -4.28. The van der Waals surface area contributed by atoms with E-state index in [1.165, 1.54) is 17.1 Å². The van der Waals surface area contributed by atoms with Crippen LogP contribution < -0.4 is 11.3 Å². The van der Waals surface area contributed by atoms with E-state index in [1.807, 2.05) is 66.7 Å². The molecule has 2 aromatic heterocycles. The summed E-state index contributed by atoms with van der Waals surface area (Å²) in [6.07, 6.45) is 3.62. The summed E-state index contributed by atoms with van der Waals surface area (Å²) >= 11 is 3.42. The molecule has 10 heteroatoms. The predicted octanol–water partition coefficient (Wildman–Crippen LogP) is 4.26. The molecule has 1 aliphatic rings. The summed E-state index contributed by atoms with van der Waals surface area (Å²) in [6, 6.07) is 22.5. The fraction of sp³-hybridized carbons (Fsp3) is 0.200. The molecule has 3 heterocycles. The van der Waals surface area contributed by atoms with Crippen LogP contribution in [0, 0.1) is 0 Å². The number of carbonyl (C=O) groups is 1. The number of halogens is 1. The summed E-state index contributed by atoms with van der Waals surface area (Å²) in [5.41, 5.74) is 8.78. The number of benzene rings is 3. The lowest BCUT2D eigenvalue weighted by molar-refractivity contribution is -0.0299. The first-order valence-electron chi connectivity index (χ1n) is 13.0. The van der Waals surface area contributed by atoms with E-state index in [9.17, 15) is 14.7 Å². The smallest absolute Gasteiger partial charge is 0.264 e. The number of hydrogen-bond donors (Lipinski definition) is 2. The van der Waals surface area contributed by atoms with E-state index in [2.05, 4.69) is 26.0 Å². The molecule has 0 aliphatic carbocycles. The molecule has 3 aromatic carbocycles. The standard InChI is InChI=1S/C30H27BrN6O3/c31-20-9-11-21(12-10-20)37-27-25(17-34-37)29(39)36(19-33-27)18-30(40)13-15-35(16-14-30)28(38)24-7-2-1-5-22(24)23-6-3-4-8-26(23)32/h1-12,17,19,40H,13-16,18,32H2. The lowest BCUT2D eigenvalue weighted by atomic mass is 9.90. The number of rotatable bonds is 5. The first-order chi connectivity index (χ1) is 19.3. The Kier molecular flexibility index (Phi) is 6.73. The molecule has 0 saturated carbocycles. The van der Waals surface area contributed by atoms with Gasteiger partial charge in [-0.3, -0.25) is 14.2 Å². The van der Waals surface area contributed by atoms with Gasteiger partial charge in [-0.15, -0.1) is 0 Å². The first-order valence-corrected chi connectivity index (χ1v) is 13.8. The Morgan fingerprint density at radius 2 is 1.65 bits per heavy atom. The van der Waals surface area contributed by atoms with Gasteiger partial charge in [0.25, 0.3) is 11.5 Å². The van der Waals surface area contributed by atoms with Crippen LogP contribution in [0.5, 0.6) is 0 Å². The molecule has 6 rings (SSSR count). The predicted molar refractivity (Wildman–Crippen MR) is 157 cm³/mol. The van der Waals surface area contributed by atoms with Crippen LogP contribution in [-0.4, -0.2) is 53.9 Å². The molecule has 40 heavy (non-hydrogen) atoms. The normalized spacial score (nSPS) is 14.9. The lowest BCUT2D eigenvalue weighted by Gasteiger charge is -2.38. The summed E-state index contributed by atoms with van der Waals surface area (Å²) in [5.74, 6) is -0.110. The summed E-state index contributed by atoms with van der Waals surface area (Å²) < 4.78 is 3.99. The molecule has 0 spiro atoms. The highest BCUT2D eigenvalue weighted by molar-refractivity contribution is 9.10. The maximum absolute atomic E-state index is 13.5. The quantitative estimate of drug-likeness (QED) is 0.292. The second-order valence-electron chi connectivity index (χ2n) is 10.1. The molecule has 1 fully saturated rings. The van der Waals surface area contributed by atoms with E-state index in [0.29, 0.717) is 48.2 Å². The van der Waals surface area contributed by atoms with Crippen LogP contribution in [0.15, 0.2) is 94.6 Å². The Morgan fingerprint density at radius 3 is 2.38 bits per heavy atom. The average molecular weight is 599 g/mol. The molecular weight excluding hydrogens is 572 g/mol. The minimum atomic E-state index is -1.15. The van der Waals surface area contributed by atoms with E-state index < -0.39 is 5.60 Å². The molecule has 202 valence electrons. The van der Waals surface area contributed by atoms with Crippen molar-refractivity contribution in [2.45, 2.75) is 25.0 Å². The fourth-order valence-corrected chi connectivity index (χ4v) is 5.52. The number of likely N-dealkylation sites (tertiary alicyclic amines) is 1. The molecule has 0 bridgehead atoms. The highest BCUT2D eigenvalue weighted by Gasteiger charge is 2.35. The number of nitrogen functional groups attached to an aromatic ring is 1. The minimum Gasteiger partial charge on any atom is -0.398 e. The number of fused-ring (bicyclic) bond motifs is 1. The van der Waals surface area contributed by atoms with Crippen molar-refractivity contribution in [1.82, 2.24) is 24.2 Å². The SMILES string of the molecule is Nc1ccccc1-c1ccccc1C(=O)N1CCC(O)(Cn2cnc3c(cnn3-c3ccc(Br)cc3)c2=O)CC1. The van der Waals surface area contributed by atoms with E-state index in [-0.39, 0.29) is 18.0 Å². The third-order valence-electron chi connectivity index (χ3n) is 7.48. The van der Waals surface area contributed by atoms with Crippen LogP contribution in [0.25, 0.3) is 27.8 Å². The van der Waals surface area contributed by atoms with Gasteiger partial charge in [0.1, 0.15) is 11.7 Å². The number of nitrogens with zero attached hydrogens (tertiary/aromatic N) is 5. The van der Waals surface area contributed by atoms with Crippen LogP contribution in [0.1, 0.15) is 23.2 Å². The summed E-state index contributed by atoms with van der Waals surface area (Å²) in [5, 5.41) is 16.1. The Bertz CT molecular complexity index is 1770. The highest BCUT2D eigenvalue weighted by Crippen LogP contribution is 2.31. The van der Waals surface area contributed by atoms with Gasteiger partial charge in [0.2, 0.25) is 0 Å². The number of hydrogen-bond acceptors (Lipinski definition) is 6. The van der Waals surface area contributed by atoms with E-state index in [0.717, 1.165) is 21.3 Å². The Morgan fingerprint density at radius 1 is 0.975 bits per heavy atom. The van der Waals surface area contributed by atoms with Crippen molar-refractivity contribution >= 4 is 38.6 Å². The van der Waals surface area contributed by atoms with Gasteiger partial charge >= 0.3 is 0 Å². The molecule has 9 nitrogen and oxygen atoms in total. The fourth-order valence-electron chi connectivity index (χ4n) is 5.25. The Balaban J connectivity index is 1.19. The molecule has 1 aliphatic heterocycles. The molecule has 3 N–H and O–H groups in total. The van der Waals surface area contributed by atoms with Gasteiger partial charge in [-0.25, -0.2) is 9.67 Å². The number of anilines is 1. The molecule has 0 unspecified atom stereocenters. The highest BCUT2D eigenvalue weighted by atomic mass is 79.9. The third-order valence-corrected chi connectivity index (χ3v) is 8.01. The lowest BCUT2D eigenvalue weighted by Crippen LogP contribution is -2.49. The topological polar surface area (TPSA) is 119 Å². The van der Waals surface area contributed by atoms with Crippen LogP contribution in [0.3, 0.4) is 0 Å². The Labute approximate surface area is 238 Å². The van der Waals surface area contributed by atoms with Crippen LogP contribution in [0.2, 0.25) is 0 Å². The van der Waals surface area contributed by atoms with Gasteiger partial charge < -0.3 is 15.7 Å². The maximum atomic E-state index is 13.5. The van der Waals surface area contributed by atoms with Crippen molar-refractivity contribution in [2.24, 2.45) is 0 Å². The van der Waals surface area contributed by atoms with Crippen molar-refractivity contribution in [1.29, 1.82) is 0 Å². The van der Waals surface area contributed by atoms with Gasteiger partial charge in [0.05, 0.1) is 24.0 Å². The zero-order valence-corrected chi connectivity index (χ0v) is 23.2. The summed E-state index contributed by atoms with van der Waals surface area (Å²) in [4.78, 5) is 33.1. The summed E-state index contributed by atoms with van der Waals surface area (Å²) in [6.45, 7) is 0.803. The molecule has 0 atom stereocenters. The zero-order valence-electron chi connectivity index (χ0n) is 21.6. The molecule has 1 amide bonds. The summed E-state index contributed by atoms with van der Waals surface area (Å²) in [7, 11) is 0. The van der Waals surface area contributed by atoms with E-state index in [1.54, 1.807) is 15.6 Å². The number of piperidine rings is 1. The minimum absolute atomic E-state index is 0.0808. The zero-order chi connectivity index (χ0) is 27.9. The molecule has 1 saturated heterocycles. The van der Waals surface area contributed by atoms with Crippen LogP contribution in [0.4, 0.5) is 5.69 Å². The third kappa shape index (κ3) is 4.80. The van der Waals surface area contributed by atoms with Crippen molar-refractivity contribution in [2.75, 3.05) is 18.8 Å². The van der Waals surface area contributed by atoms with Crippen molar-refractivity contribution in [3.05, 3.63) is 106 Å². The largest absolute Gasteiger partial charge is 0.398 e. The van der Waals surface area contributed by atoms with Gasteiger partial charge in [0, 0.05) is 34.4 Å². The van der Waals surface area contributed by atoms with E-state index in [4.69, 9.17) is 5.73 Å². The second-order valence-corrected chi connectivity index (χ2v) is 11.0. The molecule has 0 radical (unpaired) electrons. The van der Waals surface area contributed by atoms with Crippen molar-refractivity contribution < 1.29 is 9.90 Å². The van der Waals surface area contributed by atoms with Crippen LogP contribution >= 0.6 is 15.9 Å². The van der Waals surface area contributed by atoms with E-state index >= 15 is 0 Å². The second kappa shape index (κ2) is 10.4. The van der Waals surface area contributed by atoms with Crippen molar-refractivity contribution in [3.63, 3.8) is 0 Å². The first kappa shape index (κ1) is 26.0. The van der Waals surface area contributed by atoms with Gasteiger partial charge in [-0.05, 0) is 54.8 Å². The molecular formula is C30H27BrN6O3. The van der Waals surface area contributed by atoms with Crippen LogP contribution in [-0.2, 0) is 6.54 Å². The number of para-hydroxylation sites is 1. The maximum Gasteiger partial charge on any atom is 0.264 e. The monoisotopic (exact) mass is 598 g/mol. The van der Waals surface area contributed by atoms with Gasteiger partial charge in [-0.1, -0.05) is 52.3 Å². The number of nitrogens with two attached hydrogens (primary N) is 1. The molecule has 5 aromatic rings. The van der Waals surface area contributed by atoms with Gasteiger partial charge in [0.15, 0.2) is 5.65 Å². The number of aliphatic hydroxyl groups is 1. The van der Waals surface area contributed by atoms with Gasteiger partial charge in [-0.2, -0.15) is 5.10 Å².